The van der Waals surface area contributed by atoms with Gasteiger partial charge in [0.05, 0.1) is 26.4 Å². The Bertz CT molecular complexity index is 583. The van der Waals surface area contributed by atoms with Gasteiger partial charge in [-0.15, -0.1) is 0 Å². The fourth-order valence-corrected chi connectivity index (χ4v) is 3.79. The second kappa shape index (κ2) is 4.67. The first-order valence-corrected chi connectivity index (χ1v) is 7.29. The molecule has 0 unspecified atom stereocenters. The van der Waals surface area contributed by atoms with E-state index < -0.39 is 0 Å². The third-order valence-corrected chi connectivity index (χ3v) is 4.56. The number of hydrogen-bond donors (Lipinski definition) is 1. The van der Waals surface area contributed by atoms with Crippen molar-refractivity contribution >= 4 is 16.7 Å². The summed E-state index contributed by atoms with van der Waals surface area (Å²) < 4.78 is 11.4. The van der Waals surface area contributed by atoms with E-state index in [-0.39, 0.29) is 0 Å². The van der Waals surface area contributed by atoms with Gasteiger partial charge >= 0.3 is 0 Å². The molecule has 3 heterocycles. The molecule has 1 aromatic rings. The van der Waals surface area contributed by atoms with Crippen molar-refractivity contribution in [3.8, 4) is 0 Å². The lowest BCUT2D eigenvalue weighted by atomic mass is 9.77. The Morgan fingerprint density at radius 1 is 0.619 bits per heavy atom. The van der Waals surface area contributed by atoms with Crippen LogP contribution in [0.5, 0.6) is 0 Å². The van der Waals surface area contributed by atoms with E-state index in [2.05, 4.69) is 25.1 Å². The topological polar surface area (TPSA) is 30.5 Å². The molecule has 3 heteroatoms. The number of benzene rings is 1. The highest BCUT2D eigenvalue weighted by Gasteiger charge is 2.31. The van der Waals surface area contributed by atoms with E-state index in [0.29, 0.717) is 26.4 Å². The summed E-state index contributed by atoms with van der Waals surface area (Å²) in [7, 11) is 0. The first kappa shape index (κ1) is 13.0. The van der Waals surface area contributed by atoms with Crippen LogP contribution >= 0.6 is 0 Å². The Kier molecular flexibility index (Phi) is 2.89. The summed E-state index contributed by atoms with van der Waals surface area (Å²) >= 11 is 0. The van der Waals surface area contributed by atoms with Crippen molar-refractivity contribution in [2.45, 2.75) is 19.8 Å². The van der Waals surface area contributed by atoms with Crippen molar-refractivity contribution in [2.75, 3.05) is 19.8 Å². The van der Waals surface area contributed by atoms with Gasteiger partial charge < -0.3 is 14.8 Å². The SMILES string of the molecule is C=C1CNCc2c1c1c(c3c2C(=C)COC3)C(=C)COC1. The average molecular weight is 281 g/mol. The maximum atomic E-state index is 5.72. The molecule has 3 aliphatic rings. The van der Waals surface area contributed by atoms with E-state index in [1.165, 1.54) is 33.4 Å². The predicted molar refractivity (Wildman–Crippen MR) is 84.6 cm³/mol. The lowest BCUT2D eigenvalue weighted by molar-refractivity contribution is 0.137. The predicted octanol–water partition coefficient (Wildman–Crippen LogP) is 2.89. The third kappa shape index (κ3) is 1.78. The summed E-state index contributed by atoms with van der Waals surface area (Å²) in [4.78, 5) is 0. The Hall–Kier alpha value is -1.68. The van der Waals surface area contributed by atoms with Crippen molar-refractivity contribution in [1.82, 2.24) is 5.32 Å². The van der Waals surface area contributed by atoms with E-state index in [4.69, 9.17) is 9.47 Å². The minimum Gasteiger partial charge on any atom is -0.372 e. The zero-order valence-electron chi connectivity index (χ0n) is 12.2. The van der Waals surface area contributed by atoms with Crippen molar-refractivity contribution in [2.24, 2.45) is 0 Å². The summed E-state index contributed by atoms with van der Waals surface area (Å²) in [5.74, 6) is 0. The normalized spacial score (nSPS) is 20.9. The number of hydrogen-bond acceptors (Lipinski definition) is 3. The molecule has 1 N–H and O–H groups in total. The standard InChI is InChI=1S/C18H19NO2/c1-10-4-19-5-13-16(10)14-8-21-7-12(3)18(14)15-9-20-6-11(2)17(13)15/h19H,1-9H2. The summed E-state index contributed by atoms with van der Waals surface area (Å²) in [6.45, 7) is 16.8. The number of ether oxygens (including phenoxy) is 2. The molecular formula is C18H19NO2. The van der Waals surface area contributed by atoms with Crippen molar-refractivity contribution in [3.05, 3.63) is 53.1 Å². The quantitative estimate of drug-likeness (QED) is 0.793. The number of rotatable bonds is 0. The minimum absolute atomic E-state index is 0.593. The van der Waals surface area contributed by atoms with Gasteiger partial charge in [0, 0.05) is 13.1 Å². The second-order valence-electron chi connectivity index (χ2n) is 5.96. The fourth-order valence-electron chi connectivity index (χ4n) is 3.79. The molecule has 0 bridgehead atoms. The largest absolute Gasteiger partial charge is 0.372 e. The Morgan fingerprint density at radius 2 is 1.14 bits per heavy atom. The molecule has 1 aromatic carbocycles. The van der Waals surface area contributed by atoms with Crippen LogP contribution in [0.3, 0.4) is 0 Å². The van der Waals surface area contributed by atoms with Crippen LogP contribution in [-0.2, 0) is 29.2 Å². The van der Waals surface area contributed by atoms with Gasteiger partial charge in [0.25, 0.3) is 0 Å². The van der Waals surface area contributed by atoms with Gasteiger partial charge in [0.15, 0.2) is 0 Å². The van der Waals surface area contributed by atoms with Gasteiger partial charge in [-0.25, -0.2) is 0 Å². The van der Waals surface area contributed by atoms with Crippen molar-refractivity contribution in [3.63, 3.8) is 0 Å². The van der Waals surface area contributed by atoms with E-state index in [0.717, 1.165) is 29.8 Å². The molecule has 0 fully saturated rings. The Morgan fingerprint density at radius 3 is 1.76 bits per heavy atom. The fraction of sp³-hybridized carbons (Fsp3) is 0.333. The lowest BCUT2D eigenvalue weighted by Gasteiger charge is -2.35. The molecule has 0 saturated carbocycles. The van der Waals surface area contributed by atoms with E-state index in [1.54, 1.807) is 0 Å². The monoisotopic (exact) mass is 281 g/mol. The van der Waals surface area contributed by atoms with Gasteiger partial charge in [0.2, 0.25) is 0 Å². The van der Waals surface area contributed by atoms with Crippen LogP contribution in [0, 0.1) is 0 Å². The van der Waals surface area contributed by atoms with E-state index in [1.807, 2.05) is 0 Å². The lowest BCUT2D eigenvalue weighted by Crippen LogP contribution is -2.29. The van der Waals surface area contributed by atoms with Crippen LogP contribution in [0.15, 0.2) is 19.7 Å². The van der Waals surface area contributed by atoms with E-state index in [9.17, 15) is 0 Å². The summed E-state index contributed by atoms with van der Waals surface area (Å²) in [6.07, 6.45) is 0. The minimum atomic E-state index is 0.593. The zero-order chi connectivity index (χ0) is 14.6. The molecular weight excluding hydrogens is 262 g/mol. The van der Waals surface area contributed by atoms with Gasteiger partial charge in [-0.2, -0.15) is 0 Å². The Balaban J connectivity index is 2.12. The molecule has 0 saturated heterocycles. The highest BCUT2D eigenvalue weighted by molar-refractivity contribution is 5.88. The molecule has 108 valence electrons. The van der Waals surface area contributed by atoms with Gasteiger partial charge in [0.1, 0.15) is 0 Å². The molecule has 3 nitrogen and oxygen atoms in total. The molecule has 0 radical (unpaired) electrons. The second-order valence-corrected chi connectivity index (χ2v) is 5.96. The van der Waals surface area contributed by atoms with Crippen LogP contribution in [0.4, 0.5) is 0 Å². The molecule has 0 amide bonds. The van der Waals surface area contributed by atoms with Crippen LogP contribution in [-0.4, -0.2) is 19.8 Å². The number of fused-ring (bicyclic) bond motifs is 6. The maximum absolute atomic E-state index is 5.72. The van der Waals surface area contributed by atoms with Gasteiger partial charge in [-0.05, 0) is 50.1 Å². The highest BCUT2D eigenvalue weighted by atomic mass is 16.5. The van der Waals surface area contributed by atoms with Crippen LogP contribution < -0.4 is 5.32 Å². The molecule has 3 aliphatic heterocycles. The van der Waals surface area contributed by atoms with Gasteiger partial charge in [-0.1, -0.05) is 19.7 Å². The summed E-state index contributed by atoms with van der Waals surface area (Å²) in [5.41, 5.74) is 10.8. The molecule has 0 atom stereocenters. The third-order valence-electron chi connectivity index (χ3n) is 4.56. The van der Waals surface area contributed by atoms with Crippen LogP contribution in [0.2, 0.25) is 0 Å². The smallest absolute Gasteiger partial charge is 0.0733 e. The zero-order valence-corrected chi connectivity index (χ0v) is 12.2. The van der Waals surface area contributed by atoms with Crippen LogP contribution in [0.1, 0.15) is 33.4 Å². The average Bonchev–Trinajstić information content (AvgIpc) is 2.47. The van der Waals surface area contributed by atoms with Crippen LogP contribution in [0.25, 0.3) is 16.7 Å². The molecule has 0 spiro atoms. The molecule has 4 rings (SSSR count). The Labute approximate surface area is 125 Å². The highest BCUT2D eigenvalue weighted by Crippen LogP contribution is 2.43. The molecule has 0 aliphatic carbocycles. The first-order valence-electron chi connectivity index (χ1n) is 7.29. The molecule has 21 heavy (non-hydrogen) atoms. The van der Waals surface area contributed by atoms with Gasteiger partial charge in [-0.3, -0.25) is 0 Å². The summed E-state index contributed by atoms with van der Waals surface area (Å²) in [5, 5.41) is 3.43. The first-order chi connectivity index (χ1) is 10.2. The van der Waals surface area contributed by atoms with Crippen molar-refractivity contribution < 1.29 is 9.47 Å². The van der Waals surface area contributed by atoms with E-state index >= 15 is 0 Å². The maximum Gasteiger partial charge on any atom is 0.0733 e. The van der Waals surface area contributed by atoms with Crippen molar-refractivity contribution in [1.29, 1.82) is 0 Å². The number of nitrogens with one attached hydrogen (secondary N) is 1. The summed E-state index contributed by atoms with van der Waals surface area (Å²) in [6, 6.07) is 0. The molecule has 0 aromatic heterocycles.